The average molecular weight is 220 g/mol. The first-order valence-corrected chi connectivity index (χ1v) is 6.98. The van der Waals surface area contributed by atoms with E-state index in [1.165, 1.54) is 58.0 Å². The topological polar surface area (TPSA) is 27.0 Å². The van der Waals surface area contributed by atoms with Crippen LogP contribution in [0.15, 0.2) is 0 Å². The third-order valence-corrected chi connectivity index (χ3v) is 4.27. The van der Waals surface area contributed by atoms with Crippen LogP contribution in [0.1, 0.15) is 57.8 Å². The molecule has 1 saturated carbocycles. The predicted molar refractivity (Wildman–Crippen MR) is 66.0 cm³/mol. The van der Waals surface area contributed by atoms with Gasteiger partial charge in [-0.3, -0.25) is 0 Å². The monoisotopic (exact) mass is 220 g/mol. The van der Waals surface area contributed by atoms with Crippen molar-refractivity contribution in [3.8, 4) is 6.07 Å². The van der Waals surface area contributed by atoms with Gasteiger partial charge in [-0.1, -0.05) is 32.1 Å². The van der Waals surface area contributed by atoms with Gasteiger partial charge >= 0.3 is 0 Å². The number of rotatable bonds is 2. The molecule has 2 nitrogen and oxygen atoms in total. The molecule has 0 atom stereocenters. The number of hydrogen-bond acceptors (Lipinski definition) is 2. The van der Waals surface area contributed by atoms with Crippen molar-refractivity contribution in [2.24, 2.45) is 5.41 Å². The van der Waals surface area contributed by atoms with Crippen LogP contribution in [-0.2, 0) is 0 Å². The zero-order valence-electron chi connectivity index (χ0n) is 10.4. The molecule has 0 aromatic rings. The fraction of sp³-hybridized carbons (Fsp3) is 0.929. The van der Waals surface area contributed by atoms with Crippen LogP contribution >= 0.6 is 0 Å². The highest BCUT2D eigenvalue weighted by Crippen LogP contribution is 2.36. The molecule has 1 aliphatic carbocycles. The molecule has 2 aliphatic rings. The highest BCUT2D eigenvalue weighted by Gasteiger charge is 2.33. The molecule has 2 rings (SSSR count). The second-order valence-electron chi connectivity index (χ2n) is 5.64. The summed E-state index contributed by atoms with van der Waals surface area (Å²) in [5.74, 6) is 0. The zero-order chi connectivity index (χ0) is 11.3. The molecule has 0 N–H and O–H groups in total. The summed E-state index contributed by atoms with van der Waals surface area (Å²) in [6.45, 7) is 3.50. The van der Waals surface area contributed by atoms with Crippen LogP contribution in [0.3, 0.4) is 0 Å². The van der Waals surface area contributed by atoms with E-state index >= 15 is 0 Å². The molecule has 0 amide bonds. The van der Waals surface area contributed by atoms with Gasteiger partial charge in [0, 0.05) is 6.54 Å². The summed E-state index contributed by atoms with van der Waals surface area (Å²) in [5.41, 5.74) is 0.00257. The highest BCUT2D eigenvalue weighted by atomic mass is 15.1. The van der Waals surface area contributed by atoms with Crippen molar-refractivity contribution in [2.45, 2.75) is 57.8 Å². The summed E-state index contributed by atoms with van der Waals surface area (Å²) in [6.07, 6.45) is 11.6. The Bertz CT molecular complexity index is 240. The molecule has 0 aromatic carbocycles. The first kappa shape index (κ1) is 11.9. The van der Waals surface area contributed by atoms with Gasteiger partial charge in [-0.15, -0.1) is 0 Å². The fourth-order valence-corrected chi connectivity index (χ4v) is 3.26. The molecule has 1 saturated heterocycles. The van der Waals surface area contributed by atoms with E-state index in [2.05, 4.69) is 11.0 Å². The summed E-state index contributed by atoms with van der Waals surface area (Å²) in [4.78, 5) is 2.56. The summed E-state index contributed by atoms with van der Waals surface area (Å²) in [5, 5.41) is 9.47. The minimum absolute atomic E-state index is 0.00257. The molecule has 2 heteroatoms. The first-order valence-electron chi connectivity index (χ1n) is 6.98. The van der Waals surface area contributed by atoms with E-state index in [1.54, 1.807) is 0 Å². The summed E-state index contributed by atoms with van der Waals surface area (Å²) in [6, 6.07) is 2.64. The quantitative estimate of drug-likeness (QED) is 0.713. The predicted octanol–water partition coefficient (Wildman–Crippen LogP) is 3.34. The largest absolute Gasteiger partial charge is 0.302 e. The van der Waals surface area contributed by atoms with Crippen LogP contribution in [0.2, 0.25) is 0 Å². The summed E-state index contributed by atoms with van der Waals surface area (Å²) < 4.78 is 0. The Morgan fingerprint density at radius 3 is 2.00 bits per heavy atom. The molecule has 90 valence electrons. The van der Waals surface area contributed by atoms with E-state index < -0.39 is 0 Å². The van der Waals surface area contributed by atoms with Crippen LogP contribution in [0.4, 0.5) is 0 Å². The molecule has 1 heterocycles. The summed E-state index contributed by atoms with van der Waals surface area (Å²) in [7, 11) is 0. The smallest absolute Gasteiger partial charge is 0.0703 e. The zero-order valence-corrected chi connectivity index (χ0v) is 10.4. The van der Waals surface area contributed by atoms with Crippen LogP contribution in [0.5, 0.6) is 0 Å². The lowest BCUT2D eigenvalue weighted by Gasteiger charge is -2.35. The minimum Gasteiger partial charge on any atom is -0.302 e. The molecule has 0 radical (unpaired) electrons. The lowest BCUT2D eigenvalue weighted by atomic mass is 9.75. The fourth-order valence-electron chi connectivity index (χ4n) is 3.26. The van der Waals surface area contributed by atoms with E-state index in [4.69, 9.17) is 0 Å². The SMILES string of the molecule is N#CC1(CN2CCCCCC2)CCCCC1. The maximum atomic E-state index is 9.47. The van der Waals surface area contributed by atoms with Crippen molar-refractivity contribution in [1.82, 2.24) is 4.90 Å². The molecule has 0 aromatic heterocycles. The Kier molecular flexibility index (Phi) is 4.23. The van der Waals surface area contributed by atoms with Crippen LogP contribution in [0, 0.1) is 16.7 Å². The van der Waals surface area contributed by atoms with E-state index in [0.29, 0.717) is 0 Å². The number of nitriles is 1. The lowest BCUT2D eigenvalue weighted by molar-refractivity contribution is 0.156. The van der Waals surface area contributed by atoms with Crippen LogP contribution in [-0.4, -0.2) is 24.5 Å². The van der Waals surface area contributed by atoms with E-state index in [9.17, 15) is 5.26 Å². The van der Waals surface area contributed by atoms with Gasteiger partial charge in [0.25, 0.3) is 0 Å². The van der Waals surface area contributed by atoms with Gasteiger partial charge in [-0.2, -0.15) is 5.26 Å². The van der Waals surface area contributed by atoms with E-state index in [1.807, 2.05) is 0 Å². The minimum atomic E-state index is 0.00257. The Morgan fingerprint density at radius 1 is 0.875 bits per heavy atom. The molecular weight excluding hydrogens is 196 g/mol. The molecule has 16 heavy (non-hydrogen) atoms. The van der Waals surface area contributed by atoms with E-state index in [0.717, 1.165) is 19.4 Å². The molecular formula is C14H24N2. The van der Waals surface area contributed by atoms with Crippen molar-refractivity contribution in [2.75, 3.05) is 19.6 Å². The number of likely N-dealkylation sites (tertiary alicyclic amines) is 1. The van der Waals surface area contributed by atoms with Gasteiger partial charge in [0.1, 0.15) is 0 Å². The van der Waals surface area contributed by atoms with Gasteiger partial charge in [0.2, 0.25) is 0 Å². The average Bonchev–Trinajstić information content (AvgIpc) is 2.59. The molecule has 0 bridgehead atoms. The molecule has 2 fully saturated rings. The standard InChI is InChI=1S/C14H24N2/c15-12-14(8-4-3-5-9-14)13-16-10-6-1-2-7-11-16/h1-11,13H2. The normalized spacial score (nSPS) is 26.9. The maximum Gasteiger partial charge on any atom is 0.0703 e. The maximum absolute atomic E-state index is 9.47. The Morgan fingerprint density at radius 2 is 1.44 bits per heavy atom. The molecule has 0 unspecified atom stereocenters. The third-order valence-electron chi connectivity index (χ3n) is 4.27. The van der Waals surface area contributed by atoms with E-state index in [-0.39, 0.29) is 5.41 Å². The van der Waals surface area contributed by atoms with Crippen LogP contribution in [0.25, 0.3) is 0 Å². The van der Waals surface area contributed by atoms with Crippen molar-refractivity contribution < 1.29 is 0 Å². The Hall–Kier alpha value is -0.550. The molecule has 1 aliphatic heterocycles. The van der Waals surface area contributed by atoms with Crippen molar-refractivity contribution in [1.29, 1.82) is 5.26 Å². The van der Waals surface area contributed by atoms with Gasteiger partial charge < -0.3 is 4.90 Å². The second kappa shape index (κ2) is 5.68. The Labute approximate surface area is 99.6 Å². The van der Waals surface area contributed by atoms with Gasteiger partial charge in [-0.25, -0.2) is 0 Å². The summed E-state index contributed by atoms with van der Waals surface area (Å²) >= 11 is 0. The third kappa shape index (κ3) is 2.98. The second-order valence-corrected chi connectivity index (χ2v) is 5.64. The first-order chi connectivity index (χ1) is 7.85. The molecule has 0 spiro atoms. The van der Waals surface area contributed by atoms with Gasteiger partial charge in [0.05, 0.1) is 11.5 Å². The lowest BCUT2D eigenvalue weighted by Crippen LogP contribution is -2.38. The van der Waals surface area contributed by atoms with Crippen molar-refractivity contribution in [3.63, 3.8) is 0 Å². The highest BCUT2D eigenvalue weighted by molar-refractivity contribution is 5.02. The van der Waals surface area contributed by atoms with Crippen molar-refractivity contribution >= 4 is 0 Å². The Balaban J connectivity index is 1.92. The van der Waals surface area contributed by atoms with Crippen molar-refractivity contribution in [3.05, 3.63) is 0 Å². The van der Waals surface area contributed by atoms with Gasteiger partial charge in [-0.05, 0) is 38.8 Å². The number of nitrogens with zero attached hydrogens (tertiary/aromatic N) is 2. The number of hydrogen-bond donors (Lipinski definition) is 0. The van der Waals surface area contributed by atoms with Crippen LogP contribution < -0.4 is 0 Å². The van der Waals surface area contributed by atoms with Gasteiger partial charge in [0.15, 0.2) is 0 Å².